The summed E-state index contributed by atoms with van der Waals surface area (Å²) in [7, 11) is 1.54. The van der Waals surface area contributed by atoms with Crippen LogP contribution in [0, 0.1) is 22.7 Å². The second kappa shape index (κ2) is 6.55. The highest BCUT2D eigenvalue weighted by atomic mass is 16.7. The molecule has 3 rings (SSSR count). The third-order valence-electron chi connectivity index (χ3n) is 7.64. The molecule has 0 saturated heterocycles. The summed E-state index contributed by atoms with van der Waals surface area (Å²) in [6.45, 7) is 11.1. The minimum atomic E-state index is -0.541. The monoisotopic (exact) mass is 348 g/mol. The summed E-state index contributed by atoms with van der Waals surface area (Å²) in [6.07, 6.45) is 6.65. The maximum absolute atomic E-state index is 12.0. The molecule has 2 saturated carbocycles. The third-order valence-corrected chi connectivity index (χ3v) is 7.64. The fourth-order valence-corrected chi connectivity index (χ4v) is 5.58. The predicted molar refractivity (Wildman–Crippen MR) is 96.7 cm³/mol. The lowest BCUT2D eigenvalue weighted by Crippen LogP contribution is -2.57. The van der Waals surface area contributed by atoms with Crippen molar-refractivity contribution in [1.82, 2.24) is 0 Å². The average Bonchev–Trinajstić information content (AvgIpc) is 2.94. The van der Waals surface area contributed by atoms with Gasteiger partial charge in [0.25, 0.3) is 0 Å². The van der Waals surface area contributed by atoms with Crippen molar-refractivity contribution in [2.24, 2.45) is 22.7 Å². The molecule has 6 atom stereocenters. The van der Waals surface area contributed by atoms with E-state index < -0.39 is 6.29 Å². The van der Waals surface area contributed by atoms with E-state index in [1.807, 2.05) is 0 Å². The quantitative estimate of drug-likeness (QED) is 0.616. The Kier molecular flexibility index (Phi) is 4.89. The van der Waals surface area contributed by atoms with Gasteiger partial charge in [-0.3, -0.25) is 0 Å². The van der Waals surface area contributed by atoms with E-state index in [1.54, 1.807) is 13.2 Å². The topological polar surface area (TPSA) is 55.8 Å². The Bertz CT molecular complexity index is 595. The van der Waals surface area contributed by atoms with Gasteiger partial charge in [0, 0.05) is 18.1 Å². The fraction of sp³-hybridized carbons (Fsp3) is 0.762. The number of rotatable bonds is 4. The summed E-state index contributed by atoms with van der Waals surface area (Å²) < 4.78 is 10.3. The van der Waals surface area contributed by atoms with Gasteiger partial charge in [-0.2, -0.15) is 0 Å². The lowest BCUT2D eigenvalue weighted by atomic mass is 9.45. The molecule has 25 heavy (non-hydrogen) atoms. The molecule has 0 aromatic carbocycles. The molecule has 1 N–H and O–H groups in total. The Morgan fingerprint density at radius 2 is 2.16 bits per heavy atom. The van der Waals surface area contributed by atoms with Gasteiger partial charge in [-0.05, 0) is 61.9 Å². The predicted octanol–water partition coefficient (Wildman–Crippen LogP) is 3.99. The highest BCUT2D eigenvalue weighted by Crippen LogP contribution is 2.62. The largest absolute Gasteiger partial charge is 0.429 e. The number of aliphatic hydroxyl groups excluding tert-OH is 1. The summed E-state index contributed by atoms with van der Waals surface area (Å²) in [6, 6.07) is 0. The van der Waals surface area contributed by atoms with E-state index in [-0.39, 0.29) is 22.9 Å². The van der Waals surface area contributed by atoms with Gasteiger partial charge in [0.05, 0.1) is 6.10 Å². The number of ether oxygens (including phenoxy) is 2. The first-order valence-corrected chi connectivity index (χ1v) is 9.54. The van der Waals surface area contributed by atoms with Crippen molar-refractivity contribution >= 4 is 5.97 Å². The Morgan fingerprint density at radius 1 is 1.44 bits per heavy atom. The molecule has 1 unspecified atom stereocenters. The summed E-state index contributed by atoms with van der Waals surface area (Å²) >= 11 is 0. The van der Waals surface area contributed by atoms with E-state index in [4.69, 9.17) is 9.47 Å². The first-order chi connectivity index (χ1) is 11.7. The van der Waals surface area contributed by atoms with Crippen LogP contribution in [0.2, 0.25) is 0 Å². The number of cyclic esters (lactones) is 1. The van der Waals surface area contributed by atoms with Crippen LogP contribution in [0.15, 0.2) is 23.8 Å². The minimum Gasteiger partial charge on any atom is -0.429 e. The SMILES string of the molecule is C=C1CCC[C@@H]2[C@@](C)(CCC3=CC(OC)OC3=O)[C@H](C)C[C@H](O)[C@@]12C. The maximum Gasteiger partial charge on any atom is 0.336 e. The molecular formula is C21H32O4. The Morgan fingerprint density at radius 3 is 2.80 bits per heavy atom. The van der Waals surface area contributed by atoms with Crippen molar-refractivity contribution in [2.45, 2.75) is 71.7 Å². The number of carbonyl (C=O) groups is 1. The van der Waals surface area contributed by atoms with Gasteiger partial charge in [0.15, 0.2) is 0 Å². The smallest absolute Gasteiger partial charge is 0.336 e. The van der Waals surface area contributed by atoms with Crippen LogP contribution < -0.4 is 0 Å². The molecule has 0 aromatic rings. The lowest BCUT2D eigenvalue weighted by Gasteiger charge is -2.60. The van der Waals surface area contributed by atoms with E-state index in [1.165, 1.54) is 5.57 Å². The van der Waals surface area contributed by atoms with Crippen LogP contribution in [0.25, 0.3) is 0 Å². The molecule has 2 aliphatic carbocycles. The number of methoxy groups -OCH3 is 1. The molecular weight excluding hydrogens is 316 g/mol. The van der Waals surface area contributed by atoms with Crippen LogP contribution in [0.5, 0.6) is 0 Å². The van der Waals surface area contributed by atoms with Gasteiger partial charge >= 0.3 is 5.97 Å². The molecule has 0 aromatic heterocycles. The van der Waals surface area contributed by atoms with Crippen LogP contribution in [0.1, 0.15) is 59.3 Å². The number of fused-ring (bicyclic) bond motifs is 1. The molecule has 4 nitrogen and oxygen atoms in total. The van der Waals surface area contributed by atoms with Crippen molar-refractivity contribution in [2.75, 3.05) is 7.11 Å². The molecule has 2 fully saturated rings. The van der Waals surface area contributed by atoms with Crippen molar-refractivity contribution in [1.29, 1.82) is 0 Å². The Balaban J connectivity index is 1.83. The van der Waals surface area contributed by atoms with Gasteiger partial charge < -0.3 is 14.6 Å². The van der Waals surface area contributed by atoms with Crippen LogP contribution in [0.4, 0.5) is 0 Å². The normalized spacial score (nSPS) is 44.3. The van der Waals surface area contributed by atoms with Crippen molar-refractivity contribution in [3.8, 4) is 0 Å². The van der Waals surface area contributed by atoms with E-state index in [2.05, 4.69) is 27.4 Å². The van der Waals surface area contributed by atoms with Crippen LogP contribution in [-0.2, 0) is 14.3 Å². The molecule has 3 aliphatic rings. The number of hydrogen-bond donors (Lipinski definition) is 1. The van der Waals surface area contributed by atoms with Gasteiger partial charge in [-0.25, -0.2) is 4.79 Å². The molecule has 1 heterocycles. The van der Waals surface area contributed by atoms with Crippen molar-refractivity contribution < 1.29 is 19.4 Å². The number of hydrogen-bond acceptors (Lipinski definition) is 4. The highest BCUT2D eigenvalue weighted by molar-refractivity contribution is 5.90. The van der Waals surface area contributed by atoms with Gasteiger partial charge in [-0.15, -0.1) is 0 Å². The standard InChI is InChI=1S/C21H32O4/c1-13-7-6-8-16-20(3,14(2)11-17(22)21(13,16)4)10-9-15-12-18(24-5)25-19(15)23/h12,14,16-18,22H,1,6-11H2,2-5H3/t14-,16-,17+,18?,20+,21+/m1/s1. The van der Waals surface area contributed by atoms with Crippen LogP contribution in [0.3, 0.4) is 0 Å². The van der Waals surface area contributed by atoms with Gasteiger partial charge in [0.2, 0.25) is 6.29 Å². The fourth-order valence-electron chi connectivity index (χ4n) is 5.58. The first-order valence-electron chi connectivity index (χ1n) is 9.54. The Labute approximate surface area is 151 Å². The summed E-state index contributed by atoms with van der Waals surface area (Å²) in [5, 5.41) is 10.9. The molecule has 0 radical (unpaired) electrons. The zero-order chi connectivity index (χ0) is 18.4. The van der Waals surface area contributed by atoms with Crippen LogP contribution in [-0.4, -0.2) is 30.6 Å². The molecule has 1 aliphatic heterocycles. The lowest BCUT2D eigenvalue weighted by molar-refractivity contribution is -0.155. The van der Waals surface area contributed by atoms with E-state index >= 15 is 0 Å². The van der Waals surface area contributed by atoms with E-state index in [0.29, 0.717) is 18.3 Å². The second-order valence-electron chi connectivity index (χ2n) is 8.69. The molecule has 0 spiro atoms. The summed E-state index contributed by atoms with van der Waals surface area (Å²) in [5.41, 5.74) is 1.79. The number of esters is 1. The van der Waals surface area contributed by atoms with E-state index in [0.717, 1.165) is 37.7 Å². The number of carbonyl (C=O) groups excluding carboxylic acids is 1. The second-order valence-corrected chi connectivity index (χ2v) is 8.69. The molecule has 0 bridgehead atoms. The first kappa shape index (κ1) is 18.7. The molecule has 4 heteroatoms. The van der Waals surface area contributed by atoms with Crippen molar-refractivity contribution in [3.63, 3.8) is 0 Å². The van der Waals surface area contributed by atoms with Gasteiger partial charge in [0.1, 0.15) is 0 Å². The number of aliphatic hydroxyl groups is 1. The highest BCUT2D eigenvalue weighted by Gasteiger charge is 2.57. The molecule has 140 valence electrons. The average molecular weight is 348 g/mol. The third kappa shape index (κ3) is 2.87. The van der Waals surface area contributed by atoms with Crippen LogP contribution >= 0.6 is 0 Å². The zero-order valence-corrected chi connectivity index (χ0v) is 16.0. The summed E-state index contributed by atoms with van der Waals surface area (Å²) in [5.74, 6) is 0.550. The molecule has 0 amide bonds. The maximum atomic E-state index is 12.0. The van der Waals surface area contributed by atoms with Gasteiger partial charge in [-0.1, -0.05) is 32.9 Å². The summed E-state index contributed by atoms with van der Waals surface area (Å²) in [4.78, 5) is 12.0. The minimum absolute atomic E-state index is 0.0730. The zero-order valence-electron chi connectivity index (χ0n) is 16.0. The Hall–Kier alpha value is -1.13. The van der Waals surface area contributed by atoms with E-state index in [9.17, 15) is 9.90 Å². The van der Waals surface area contributed by atoms with Crippen molar-refractivity contribution in [3.05, 3.63) is 23.8 Å².